The molecule has 0 spiro atoms. The molecule has 0 aliphatic rings. The van der Waals surface area contributed by atoms with Crippen molar-refractivity contribution in [3.63, 3.8) is 0 Å². The molecule has 0 unspecified atom stereocenters. The van der Waals surface area contributed by atoms with Crippen molar-refractivity contribution in [3.05, 3.63) is 70.0 Å². The molecule has 0 bridgehead atoms. The minimum atomic E-state index is -3.71. The zero-order valence-corrected chi connectivity index (χ0v) is 27.1. The van der Waals surface area contributed by atoms with Crippen LogP contribution >= 0.6 is 22.9 Å². The van der Waals surface area contributed by atoms with Crippen LogP contribution in [0.5, 0.6) is 0 Å². The Morgan fingerprint density at radius 2 is 1.63 bits per heavy atom. The number of fused-ring (bicyclic) bond motifs is 1. The standard InChI is InChI=1S/C30H38ClN5O3S2/c1-19(2)17-34(18-20(3)4)41(38,39)25-10-8-24(9-11-25)29(37)35(14-15-36-22(6)16-21(5)33-36)30-32-28-23(7)26(31)12-13-27(28)40-30/h8-13,16,19-20H,14-15,17-18H2,1-7H3. The topological polar surface area (TPSA) is 88.4 Å². The number of aromatic nitrogens is 3. The van der Waals surface area contributed by atoms with E-state index in [0.29, 0.717) is 41.9 Å². The third-order valence-electron chi connectivity index (χ3n) is 6.73. The van der Waals surface area contributed by atoms with E-state index in [2.05, 4.69) is 5.10 Å². The normalized spacial score (nSPS) is 12.3. The highest BCUT2D eigenvalue weighted by Crippen LogP contribution is 2.34. The number of hydrogen-bond acceptors (Lipinski definition) is 6. The van der Waals surface area contributed by atoms with Crippen LogP contribution in [0.4, 0.5) is 5.13 Å². The minimum absolute atomic E-state index is 0.176. The van der Waals surface area contributed by atoms with Gasteiger partial charge in [0.05, 0.1) is 27.4 Å². The van der Waals surface area contributed by atoms with E-state index in [0.717, 1.165) is 27.2 Å². The molecule has 41 heavy (non-hydrogen) atoms. The van der Waals surface area contributed by atoms with Gasteiger partial charge in [-0.2, -0.15) is 9.40 Å². The Kier molecular flexibility index (Phi) is 9.58. The lowest BCUT2D eigenvalue weighted by Crippen LogP contribution is -2.37. The number of halogens is 1. The predicted octanol–water partition coefficient (Wildman–Crippen LogP) is 6.72. The molecule has 4 aromatic rings. The second-order valence-electron chi connectivity index (χ2n) is 11.3. The fourth-order valence-corrected chi connectivity index (χ4v) is 7.71. The lowest BCUT2D eigenvalue weighted by atomic mass is 10.2. The monoisotopic (exact) mass is 615 g/mol. The van der Waals surface area contributed by atoms with Gasteiger partial charge >= 0.3 is 0 Å². The lowest BCUT2D eigenvalue weighted by Gasteiger charge is -2.26. The van der Waals surface area contributed by atoms with E-state index in [-0.39, 0.29) is 22.6 Å². The molecule has 0 saturated heterocycles. The number of amides is 1. The van der Waals surface area contributed by atoms with Gasteiger partial charge in [0.2, 0.25) is 10.0 Å². The molecule has 2 aromatic carbocycles. The SMILES string of the molecule is Cc1cc(C)n(CCN(C(=O)c2ccc(S(=O)(=O)N(CC(C)C)CC(C)C)cc2)c2nc3c(C)c(Cl)ccc3s2)n1. The lowest BCUT2D eigenvalue weighted by molar-refractivity contribution is 0.0985. The molecule has 0 aliphatic heterocycles. The number of carbonyl (C=O) groups is 1. The molecule has 11 heteroatoms. The molecular weight excluding hydrogens is 578 g/mol. The Bertz CT molecular complexity index is 1630. The molecule has 8 nitrogen and oxygen atoms in total. The molecule has 0 fully saturated rings. The van der Waals surface area contributed by atoms with Gasteiger partial charge in [-0.3, -0.25) is 14.4 Å². The van der Waals surface area contributed by atoms with E-state index in [1.165, 1.54) is 27.8 Å². The summed E-state index contributed by atoms with van der Waals surface area (Å²) in [5.74, 6) is 0.111. The Labute approximate surface area is 252 Å². The van der Waals surface area contributed by atoms with Gasteiger partial charge in [0.1, 0.15) is 0 Å². The van der Waals surface area contributed by atoms with Crippen LogP contribution < -0.4 is 4.90 Å². The minimum Gasteiger partial charge on any atom is -0.282 e. The van der Waals surface area contributed by atoms with Crippen molar-refractivity contribution in [1.29, 1.82) is 0 Å². The highest BCUT2D eigenvalue weighted by Gasteiger charge is 2.27. The molecule has 220 valence electrons. The number of aryl methyl sites for hydroxylation is 3. The summed E-state index contributed by atoms with van der Waals surface area (Å²) in [5, 5.41) is 5.72. The zero-order valence-electron chi connectivity index (χ0n) is 24.7. The van der Waals surface area contributed by atoms with E-state index in [1.54, 1.807) is 17.0 Å². The molecule has 0 atom stereocenters. The van der Waals surface area contributed by atoms with Crippen molar-refractivity contribution in [1.82, 2.24) is 19.1 Å². The number of rotatable bonds is 11. The van der Waals surface area contributed by atoms with Crippen molar-refractivity contribution in [2.24, 2.45) is 11.8 Å². The van der Waals surface area contributed by atoms with E-state index in [9.17, 15) is 13.2 Å². The smallest absolute Gasteiger partial charge is 0.260 e. The van der Waals surface area contributed by atoms with Crippen molar-refractivity contribution >= 4 is 54.2 Å². The van der Waals surface area contributed by atoms with Gasteiger partial charge in [-0.05, 0) is 80.6 Å². The maximum atomic E-state index is 13.9. The van der Waals surface area contributed by atoms with Gasteiger partial charge in [0.25, 0.3) is 5.91 Å². The molecule has 2 heterocycles. The molecule has 0 radical (unpaired) electrons. The fraction of sp³-hybridized carbons (Fsp3) is 0.433. The number of hydrogen-bond donors (Lipinski definition) is 0. The molecular formula is C30H38ClN5O3S2. The van der Waals surface area contributed by atoms with Crippen LogP contribution in [0.25, 0.3) is 10.2 Å². The molecule has 0 aliphatic carbocycles. The first-order valence-corrected chi connectivity index (χ1v) is 16.4. The largest absolute Gasteiger partial charge is 0.282 e. The quantitative estimate of drug-likeness (QED) is 0.187. The van der Waals surface area contributed by atoms with E-state index >= 15 is 0 Å². The van der Waals surface area contributed by atoms with Crippen LogP contribution in [0.15, 0.2) is 47.4 Å². The second-order valence-corrected chi connectivity index (χ2v) is 14.6. The summed E-state index contributed by atoms with van der Waals surface area (Å²) in [6.45, 7) is 15.5. The van der Waals surface area contributed by atoms with E-state index < -0.39 is 10.0 Å². The predicted molar refractivity (Wildman–Crippen MR) is 168 cm³/mol. The van der Waals surface area contributed by atoms with Crippen molar-refractivity contribution in [2.75, 3.05) is 24.5 Å². The first-order chi connectivity index (χ1) is 19.3. The summed E-state index contributed by atoms with van der Waals surface area (Å²) in [6.07, 6.45) is 0. The van der Waals surface area contributed by atoms with Crippen LogP contribution in [0, 0.1) is 32.6 Å². The summed E-state index contributed by atoms with van der Waals surface area (Å²) in [7, 11) is -3.71. The first-order valence-electron chi connectivity index (χ1n) is 13.8. The van der Waals surface area contributed by atoms with Crippen LogP contribution in [-0.2, 0) is 16.6 Å². The van der Waals surface area contributed by atoms with Crippen molar-refractivity contribution in [3.8, 4) is 0 Å². The average molecular weight is 616 g/mol. The summed E-state index contributed by atoms with van der Waals surface area (Å²) < 4.78 is 31.3. The van der Waals surface area contributed by atoms with E-state index in [4.69, 9.17) is 16.6 Å². The van der Waals surface area contributed by atoms with Crippen LogP contribution in [-0.4, -0.2) is 53.0 Å². The number of thiazole rings is 1. The summed E-state index contributed by atoms with van der Waals surface area (Å²) in [5.41, 5.74) is 3.92. The highest BCUT2D eigenvalue weighted by atomic mass is 35.5. The zero-order chi connectivity index (χ0) is 30.1. The van der Waals surface area contributed by atoms with E-state index in [1.807, 2.05) is 71.3 Å². The van der Waals surface area contributed by atoms with Gasteiger partial charge in [-0.1, -0.05) is 50.6 Å². The maximum absolute atomic E-state index is 13.9. The Balaban J connectivity index is 1.67. The van der Waals surface area contributed by atoms with Crippen LogP contribution in [0.2, 0.25) is 5.02 Å². The molecule has 4 rings (SSSR count). The fourth-order valence-electron chi connectivity index (χ4n) is 4.74. The third-order valence-corrected chi connectivity index (χ3v) is 10.0. The number of sulfonamides is 1. The van der Waals surface area contributed by atoms with Gasteiger partial charge in [0, 0.05) is 35.9 Å². The third kappa shape index (κ3) is 6.99. The summed E-state index contributed by atoms with van der Waals surface area (Å²) in [4.78, 5) is 20.6. The second kappa shape index (κ2) is 12.6. The Morgan fingerprint density at radius 1 is 1.00 bits per heavy atom. The summed E-state index contributed by atoms with van der Waals surface area (Å²) in [6, 6.07) is 12.0. The molecule has 1 amide bonds. The van der Waals surface area contributed by atoms with Gasteiger partial charge in [-0.15, -0.1) is 0 Å². The first kappa shape index (κ1) is 31.2. The summed E-state index contributed by atoms with van der Waals surface area (Å²) >= 11 is 7.77. The number of nitrogens with zero attached hydrogens (tertiary/aromatic N) is 5. The van der Waals surface area contributed by atoms with Crippen molar-refractivity contribution in [2.45, 2.75) is 59.9 Å². The van der Waals surface area contributed by atoms with Crippen LogP contribution in [0.1, 0.15) is 55.0 Å². The highest BCUT2D eigenvalue weighted by molar-refractivity contribution is 7.89. The number of anilines is 1. The Hall–Kier alpha value is -2.79. The van der Waals surface area contributed by atoms with Gasteiger partial charge < -0.3 is 0 Å². The average Bonchev–Trinajstić information content (AvgIpc) is 3.48. The molecule has 2 aromatic heterocycles. The van der Waals surface area contributed by atoms with Crippen molar-refractivity contribution < 1.29 is 13.2 Å². The molecule has 0 saturated carbocycles. The van der Waals surface area contributed by atoms with Gasteiger partial charge in [0.15, 0.2) is 5.13 Å². The van der Waals surface area contributed by atoms with Gasteiger partial charge in [-0.25, -0.2) is 13.4 Å². The maximum Gasteiger partial charge on any atom is 0.260 e. The molecule has 0 N–H and O–H groups in total. The van der Waals surface area contributed by atoms with Crippen LogP contribution in [0.3, 0.4) is 0 Å². The Morgan fingerprint density at radius 3 is 2.20 bits per heavy atom. The number of carbonyl (C=O) groups excluding carboxylic acids is 1. The number of benzene rings is 2.